The van der Waals surface area contributed by atoms with Crippen molar-refractivity contribution < 1.29 is 18.7 Å². The molecule has 1 fully saturated rings. The number of anilines is 1. The first kappa shape index (κ1) is 31.6. The predicted octanol–water partition coefficient (Wildman–Crippen LogP) is 6.97. The molecule has 2 amide bonds. The van der Waals surface area contributed by atoms with Crippen LogP contribution in [-0.4, -0.2) is 50.6 Å². The molecule has 0 radical (unpaired) electrons. The zero-order chi connectivity index (χ0) is 29.9. The van der Waals surface area contributed by atoms with Gasteiger partial charge in [0.2, 0.25) is 5.95 Å². The second-order valence-corrected chi connectivity index (χ2v) is 14.1. The van der Waals surface area contributed by atoms with Crippen LogP contribution in [0.2, 0.25) is 0 Å². The highest BCUT2D eigenvalue weighted by atomic mass is 32.2. The molecule has 2 atom stereocenters. The number of carbonyl (C=O) groups is 2. The van der Waals surface area contributed by atoms with Crippen LogP contribution in [0, 0.1) is 11.9 Å². The lowest BCUT2D eigenvalue weighted by Crippen LogP contribution is -2.45. The standard InChI is InChI=1S/C30H44FN5O3S/c1-19(13-14-20-17-30(8,9)36(18-20)27(38)39-29(5,6)7)32-23-11-10-12-24(34-23)40-35-26(37)21-15-16-22(28(2,3)4)33-25(21)31/h10-12,15-16,19-20H,13-14,17-18H2,1-9H3,(H,32,34)(H,35,37). The molecule has 0 aromatic carbocycles. The quantitative estimate of drug-likeness (QED) is 0.260. The van der Waals surface area contributed by atoms with Gasteiger partial charge in [-0.1, -0.05) is 26.8 Å². The minimum Gasteiger partial charge on any atom is -0.444 e. The summed E-state index contributed by atoms with van der Waals surface area (Å²) in [4.78, 5) is 35.7. The molecule has 8 nitrogen and oxygen atoms in total. The lowest BCUT2D eigenvalue weighted by atomic mass is 9.91. The number of pyridine rings is 2. The molecule has 0 saturated carbocycles. The van der Waals surface area contributed by atoms with E-state index >= 15 is 0 Å². The van der Waals surface area contributed by atoms with Gasteiger partial charge in [0, 0.05) is 41.2 Å². The number of ether oxygens (including phenoxy) is 1. The third kappa shape index (κ3) is 8.81. The molecule has 0 spiro atoms. The maximum Gasteiger partial charge on any atom is 0.410 e. The molecule has 220 valence electrons. The van der Waals surface area contributed by atoms with Gasteiger partial charge < -0.3 is 15.0 Å². The molecule has 0 aliphatic carbocycles. The summed E-state index contributed by atoms with van der Waals surface area (Å²) in [6, 6.07) is 8.81. The summed E-state index contributed by atoms with van der Waals surface area (Å²) in [6.07, 6.45) is 2.56. The van der Waals surface area contributed by atoms with E-state index in [1.54, 1.807) is 12.1 Å². The van der Waals surface area contributed by atoms with Gasteiger partial charge in [0.15, 0.2) is 0 Å². The molecule has 1 saturated heterocycles. The van der Waals surface area contributed by atoms with Gasteiger partial charge in [-0.05, 0) is 91.0 Å². The lowest BCUT2D eigenvalue weighted by molar-refractivity contribution is 0.0130. The molecule has 2 aromatic rings. The van der Waals surface area contributed by atoms with Gasteiger partial charge in [0.05, 0.1) is 5.56 Å². The monoisotopic (exact) mass is 573 g/mol. The highest BCUT2D eigenvalue weighted by Gasteiger charge is 2.42. The summed E-state index contributed by atoms with van der Waals surface area (Å²) in [5, 5.41) is 4.01. The summed E-state index contributed by atoms with van der Waals surface area (Å²) < 4.78 is 22.8. The van der Waals surface area contributed by atoms with Gasteiger partial charge in [0.25, 0.3) is 5.91 Å². The number of nitrogens with zero attached hydrogens (tertiary/aromatic N) is 3. The number of hydrogen-bond donors (Lipinski definition) is 2. The SMILES string of the molecule is CC(CCC1CN(C(=O)OC(C)(C)C)C(C)(C)C1)Nc1cccc(SNC(=O)c2ccc(C(C)(C)C)nc2F)n1. The van der Waals surface area contributed by atoms with E-state index in [4.69, 9.17) is 4.74 Å². The summed E-state index contributed by atoms with van der Waals surface area (Å²) >= 11 is 1.03. The highest BCUT2D eigenvalue weighted by molar-refractivity contribution is 7.97. The highest BCUT2D eigenvalue weighted by Crippen LogP contribution is 2.36. The van der Waals surface area contributed by atoms with Crippen LogP contribution < -0.4 is 10.0 Å². The molecule has 3 heterocycles. The van der Waals surface area contributed by atoms with Crippen LogP contribution in [0.1, 0.15) is 97.6 Å². The number of hydrogen-bond acceptors (Lipinski definition) is 7. The molecule has 2 unspecified atom stereocenters. The second kappa shape index (κ2) is 12.3. The summed E-state index contributed by atoms with van der Waals surface area (Å²) in [7, 11) is 0. The molecule has 2 N–H and O–H groups in total. The Bertz CT molecular complexity index is 1210. The number of amides is 2. The zero-order valence-electron chi connectivity index (χ0n) is 25.2. The molecule has 0 bridgehead atoms. The summed E-state index contributed by atoms with van der Waals surface area (Å²) in [5.74, 6) is -0.271. The third-order valence-corrected chi connectivity index (χ3v) is 7.53. The number of halogens is 1. The summed E-state index contributed by atoms with van der Waals surface area (Å²) in [5.41, 5.74) is -0.594. The van der Waals surface area contributed by atoms with E-state index in [-0.39, 0.29) is 28.7 Å². The van der Waals surface area contributed by atoms with Crippen LogP contribution in [0.3, 0.4) is 0 Å². The molecular formula is C30H44FN5O3S. The predicted molar refractivity (Wildman–Crippen MR) is 158 cm³/mol. The van der Waals surface area contributed by atoms with E-state index in [0.717, 1.165) is 31.2 Å². The van der Waals surface area contributed by atoms with Gasteiger partial charge in [-0.25, -0.2) is 14.8 Å². The van der Waals surface area contributed by atoms with Gasteiger partial charge >= 0.3 is 6.09 Å². The zero-order valence-corrected chi connectivity index (χ0v) is 26.0. The van der Waals surface area contributed by atoms with Crippen LogP contribution in [0.15, 0.2) is 35.4 Å². The summed E-state index contributed by atoms with van der Waals surface area (Å²) in [6.45, 7) is 18.5. The third-order valence-electron chi connectivity index (χ3n) is 6.81. The van der Waals surface area contributed by atoms with Crippen molar-refractivity contribution in [1.29, 1.82) is 0 Å². The molecule has 10 heteroatoms. The first-order valence-corrected chi connectivity index (χ1v) is 14.6. The van der Waals surface area contributed by atoms with Crippen molar-refractivity contribution in [2.24, 2.45) is 5.92 Å². The second-order valence-electron chi connectivity index (χ2n) is 13.3. The number of nitrogens with one attached hydrogen (secondary N) is 2. The minimum atomic E-state index is -0.789. The molecule has 3 rings (SSSR count). The van der Waals surface area contributed by atoms with E-state index in [1.807, 2.05) is 58.6 Å². The lowest BCUT2D eigenvalue weighted by Gasteiger charge is -2.33. The topological polar surface area (TPSA) is 96.5 Å². The maximum atomic E-state index is 14.5. The Morgan fingerprint density at radius 1 is 1.15 bits per heavy atom. The van der Waals surface area contributed by atoms with Crippen LogP contribution in [0.25, 0.3) is 0 Å². The van der Waals surface area contributed by atoms with E-state index in [1.165, 1.54) is 6.07 Å². The van der Waals surface area contributed by atoms with Crippen molar-refractivity contribution in [1.82, 2.24) is 19.6 Å². The van der Waals surface area contributed by atoms with Crippen molar-refractivity contribution in [2.45, 2.75) is 109 Å². The normalized spacial score (nSPS) is 17.9. The van der Waals surface area contributed by atoms with Crippen LogP contribution >= 0.6 is 11.9 Å². The number of likely N-dealkylation sites (tertiary alicyclic amines) is 1. The Morgan fingerprint density at radius 3 is 2.48 bits per heavy atom. The van der Waals surface area contributed by atoms with E-state index in [0.29, 0.717) is 29.0 Å². The fourth-order valence-corrected chi connectivity index (χ4v) is 5.35. The largest absolute Gasteiger partial charge is 0.444 e. The van der Waals surface area contributed by atoms with E-state index in [2.05, 4.69) is 40.8 Å². The molecule has 1 aliphatic rings. The van der Waals surface area contributed by atoms with Crippen LogP contribution in [0.4, 0.5) is 15.0 Å². The van der Waals surface area contributed by atoms with Gasteiger partial charge in [0.1, 0.15) is 16.4 Å². The molecule has 2 aromatic heterocycles. The van der Waals surface area contributed by atoms with Gasteiger partial charge in [-0.15, -0.1) is 0 Å². The Morgan fingerprint density at radius 2 is 1.85 bits per heavy atom. The Balaban J connectivity index is 1.50. The van der Waals surface area contributed by atoms with Crippen LogP contribution in [-0.2, 0) is 10.2 Å². The van der Waals surface area contributed by atoms with Crippen LogP contribution in [0.5, 0.6) is 0 Å². The first-order chi connectivity index (χ1) is 18.4. The number of carbonyl (C=O) groups excluding carboxylic acids is 2. The molecule has 1 aliphatic heterocycles. The molecular weight excluding hydrogens is 529 g/mol. The van der Waals surface area contributed by atoms with E-state index < -0.39 is 17.5 Å². The minimum absolute atomic E-state index is 0.108. The van der Waals surface area contributed by atoms with Gasteiger partial charge in [-0.3, -0.25) is 9.52 Å². The number of rotatable bonds is 8. The maximum absolute atomic E-state index is 14.5. The van der Waals surface area contributed by atoms with Crippen molar-refractivity contribution in [3.05, 3.63) is 47.5 Å². The Kier molecular flexibility index (Phi) is 9.75. The Hall–Kier alpha value is -2.88. The fourth-order valence-electron chi connectivity index (χ4n) is 4.76. The fraction of sp³-hybridized carbons (Fsp3) is 0.600. The van der Waals surface area contributed by atoms with Crippen molar-refractivity contribution in [3.8, 4) is 0 Å². The average Bonchev–Trinajstić information content (AvgIpc) is 3.14. The molecule has 40 heavy (non-hydrogen) atoms. The number of aromatic nitrogens is 2. The van der Waals surface area contributed by atoms with E-state index in [9.17, 15) is 14.0 Å². The van der Waals surface area contributed by atoms with Crippen molar-refractivity contribution in [2.75, 3.05) is 11.9 Å². The smallest absolute Gasteiger partial charge is 0.410 e. The average molecular weight is 574 g/mol. The van der Waals surface area contributed by atoms with Crippen molar-refractivity contribution >= 4 is 29.8 Å². The Labute approximate surface area is 242 Å². The van der Waals surface area contributed by atoms with Gasteiger partial charge in [-0.2, -0.15) is 4.39 Å². The van der Waals surface area contributed by atoms with Crippen molar-refractivity contribution in [3.63, 3.8) is 0 Å². The first-order valence-electron chi connectivity index (χ1n) is 13.8.